The second-order valence-corrected chi connectivity index (χ2v) is 12.5. The number of aliphatic hydroxyl groups excluding tert-OH is 1. The molecular weight excluding hydrogens is 552 g/mol. The summed E-state index contributed by atoms with van der Waals surface area (Å²) in [6, 6.07) is 0. The third-order valence-electron chi connectivity index (χ3n) is 8.13. The van der Waals surface area contributed by atoms with Gasteiger partial charge in [0.05, 0.1) is 19.8 Å². The number of carbonyl (C=O) groups excluding carboxylic acids is 1. The molecule has 6 nitrogen and oxygen atoms in total. The smallest absolute Gasteiger partial charge is 0.305 e. The number of rotatable bonds is 37. The van der Waals surface area contributed by atoms with Gasteiger partial charge in [-0.15, -0.1) is 0 Å². The first kappa shape index (κ1) is 45.4. The van der Waals surface area contributed by atoms with Crippen molar-refractivity contribution in [3.63, 3.8) is 0 Å². The predicted octanol–water partition coefficient (Wildman–Crippen LogP) is 10.8. The van der Waals surface area contributed by atoms with Crippen molar-refractivity contribution in [3.05, 3.63) is 0 Å². The molecule has 1 unspecified atom stereocenters. The van der Waals surface area contributed by atoms with Crippen molar-refractivity contribution >= 4 is 5.97 Å². The third kappa shape index (κ3) is 37.5. The molecule has 0 fully saturated rings. The van der Waals surface area contributed by atoms with Crippen molar-refractivity contribution in [2.24, 2.45) is 0 Å². The Morgan fingerprint density at radius 3 is 1.36 bits per heavy atom. The second kappa shape index (κ2) is 40.3. The molecule has 266 valence electrons. The quantitative estimate of drug-likeness (QED) is 0.0544. The van der Waals surface area contributed by atoms with Gasteiger partial charge >= 0.3 is 5.97 Å². The molecule has 0 saturated heterocycles. The Labute approximate surface area is 275 Å². The van der Waals surface area contributed by atoms with Crippen LogP contribution in [0.25, 0.3) is 0 Å². The molecule has 1 atom stereocenters. The minimum atomic E-state index is -0.229. The molecule has 0 aliphatic rings. The first-order chi connectivity index (χ1) is 21.2. The number of unbranched alkanes of at least 4 members (excludes halogenated alkanes) is 22. The lowest BCUT2D eigenvalue weighted by Crippen LogP contribution is -2.28. The van der Waals surface area contributed by atoms with E-state index in [1.165, 1.54) is 141 Å². The van der Waals surface area contributed by atoms with Gasteiger partial charge in [0.25, 0.3) is 0 Å². The maximum Gasteiger partial charge on any atom is 0.305 e. The van der Waals surface area contributed by atoms with Gasteiger partial charge in [0.15, 0.2) is 0 Å². The number of hydrogen-bond acceptors (Lipinski definition) is 6. The van der Waals surface area contributed by atoms with Crippen molar-refractivity contribution in [1.29, 1.82) is 0 Å². The van der Waals surface area contributed by atoms with Crippen LogP contribution in [-0.4, -0.2) is 63.4 Å². The van der Waals surface area contributed by atoms with Crippen LogP contribution in [0.1, 0.15) is 188 Å². The van der Waals surface area contributed by atoms with Crippen LogP contribution in [0.5, 0.6) is 0 Å². The zero-order chi connectivity index (χ0) is 31.3. The highest BCUT2D eigenvalue weighted by Crippen LogP contribution is 2.13. The summed E-state index contributed by atoms with van der Waals surface area (Å²) in [6.07, 6.45) is 32.6. The summed E-state index contributed by atoms with van der Waals surface area (Å²) in [6.45, 7) is 7.46. The van der Waals surface area contributed by atoms with Crippen LogP contribution in [0.4, 0.5) is 0 Å². The Balaban J connectivity index is 0. The number of aliphatic hydroxyl groups is 1. The summed E-state index contributed by atoms with van der Waals surface area (Å²) in [7, 11) is 0. The van der Waals surface area contributed by atoms with E-state index < -0.39 is 0 Å². The van der Waals surface area contributed by atoms with E-state index in [9.17, 15) is 4.79 Å². The van der Waals surface area contributed by atoms with E-state index in [4.69, 9.17) is 24.1 Å². The van der Waals surface area contributed by atoms with Crippen LogP contribution in [-0.2, 0) is 23.7 Å². The molecule has 0 saturated carbocycles. The molecule has 0 aromatic heterocycles. The highest BCUT2D eigenvalue weighted by molar-refractivity contribution is 5.69. The lowest BCUT2D eigenvalue weighted by atomic mass is 10.1. The van der Waals surface area contributed by atoms with Gasteiger partial charge in [-0.05, 0) is 19.3 Å². The topological polar surface area (TPSA) is 74.2 Å². The number of hydrogen-bond donors (Lipinski definition) is 1. The van der Waals surface area contributed by atoms with Crippen molar-refractivity contribution in [2.75, 3.05) is 46.2 Å². The van der Waals surface area contributed by atoms with E-state index in [0.29, 0.717) is 39.3 Å². The maximum atomic E-state index is 12.1. The Bertz CT molecular complexity index is 529. The molecule has 0 radical (unpaired) electrons. The normalized spacial score (nSPS) is 11.9. The average molecular weight is 631 g/mol. The number of esters is 1. The fourth-order valence-electron chi connectivity index (χ4n) is 5.34. The number of ether oxygens (including phenoxy) is 4. The zero-order valence-corrected chi connectivity index (χ0v) is 28.9. The summed E-state index contributed by atoms with van der Waals surface area (Å²) in [5.41, 5.74) is 0. The van der Waals surface area contributed by atoms with Crippen molar-refractivity contribution < 1.29 is 28.8 Å². The van der Waals surface area contributed by atoms with Gasteiger partial charge in [0.1, 0.15) is 12.7 Å². The largest absolute Gasteiger partial charge is 0.463 e. The second-order valence-electron chi connectivity index (χ2n) is 12.5. The zero-order valence-electron chi connectivity index (χ0n) is 28.9. The molecule has 6 heteroatoms. The lowest BCUT2D eigenvalue weighted by Gasteiger charge is -2.18. The standard InChI is InChI=1S/C37H74O6.CH4/c1-3-5-7-9-11-13-15-17-19-21-23-25-30-41-34-36(35-43-37(39)28-27-31-40-33-29-38)42-32-26-24-22-20-18-16-14-12-10-8-6-4-2;/h36,38H,3-35H2,1-2H3;1H4. The summed E-state index contributed by atoms with van der Waals surface area (Å²) in [5.74, 6) is -0.229. The van der Waals surface area contributed by atoms with Gasteiger partial charge in [-0.1, -0.05) is 163 Å². The fraction of sp³-hybridized carbons (Fsp3) is 0.974. The van der Waals surface area contributed by atoms with Crippen LogP contribution < -0.4 is 0 Å². The Kier molecular flexibility index (Phi) is 41.6. The summed E-state index contributed by atoms with van der Waals surface area (Å²) in [4.78, 5) is 12.1. The SMILES string of the molecule is C.CCCCCCCCCCCCCCOCC(COC(=O)CCCOCCO)OCCCCCCCCCCCCCC. The first-order valence-electron chi connectivity index (χ1n) is 18.8. The monoisotopic (exact) mass is 631 g/mol. The van der Waals surface area contributed by atoms with E-state index in [0.717, 1.165) is 19.4 Å². The third-order valence-corrected chi connectivity index (χ3v) is 8.13. The molecule has 0 heterocycles. The van der Waals surface area contributed by atoms with Crippen LogP contribution in [0.3, 0.4) is 0 Å². The molecule has 0 bridgehead atoms. The van der Waals surface area contributed by atoms with E-state index >= 15 is 0 Å². The Morgan fingerprint density at radius 1 is 0.500 bits per heavy atom. The van der Waals surface area contributed by atoms with Gasteiger partial charge in [0.2, 0.25) is 0 Å². The Hall–Kier alpha value is -0.690. The number of carbonyl (C=O) groups is 1. The van der Waals surface area contributed by atoms with E-state index in [1.54, 1.807) is 0 Å². The first-order valence-corrected chi connectivity index (χ1v) is 18.8. The summed E-state index contributed by atoms with van der Waals surface area (Å²) in [5, 5.41) is 8.77. The highest BCUT2D eigenvalue weighted by atomic mass is 16.6. The summed E-state index contributed by atoms with van der Waals surface area (Å²) >= 11 is 0. The average Bonchev–Trinajstić information content (AvgIpc) is 3.01. The molecule has 0 aliphatic carbocycles. The predicted molar refractivity (Wildman–Crippen MR) is 188 cm³/mol. The molecule has 0 rings (SSSR count). The van der Waals surface area contributed by atoms with E-state index in [2.05, 4.69) is 13.8 Å². The maximum absolute atomic E-state index is 12.1. The molecular formula is C38H78O6. The minimum absolute atomic E-state index is 0. The molecule has 0 amide bonds. The molecule has 0 spiro atoms. The minimum Gasteiger partial charge on any atom is -0.463 e. The lowest BCUT2D eigenvalue weighted by molar-refractivity contribution is -0.150. The highest BCUT2D eigenvalue weighted by Gasteiger charge is 2.13. The van der Waals surface area contributed by atoms with Gasteiger partial charge in [-0.25, -0.2) is 0 Å². The van der Waals surface area contributed by atoms with Gasteiger partial charge < -0.3 is 24.1 Å². The van der Waals surface area contributed by atoms with Gasteiger partial charge in [-0.2, -0.15) is 0 Å². The molecule has 0 aliphatic heterocycles. The van der Waals surface area contributed by atoms with Gasteiger partial charge in [-0.3, -0.25) is 4.79 Å². The van der Waals surface area contributed by atoms with Crippen molar-refractivity contribution in [2.45, 2.75) is 194 Å². The fourth-order valence-corrected chi connectivity index (χ4v) is 5.34. The summed E-state index contributed by atoms with van der Waals surface area (Å²) < 4.78 is 22.8. The van der Waals surface area contributed by atoms with E-state index in [1.807, 2.05) is 0 Å². The molecule has 0 aromatic carbocycles. The van der Waals surface area contributed by atoms with Crippen molar-refractivity contribution in [3.8, 4) is 0 Å². The van der Waals surface area contributed by atoms with Gasteiger partial charge in [0, 0.05) is 26.2 Å². The van der Waals surface area contributed by atoms with E-state index in [-0.39, 0.29) is 32.7 Å². The van der Waals surface area contributed by atoms with Crippen LogP contribution in [0.2, 0.25) is 0 Å². The van der Waals surface area contributed by atoms with Crippen LogP contribution in [0, 0.1) is 0 Å². The van der Waals surface area contributed by atoms with Crippen LogP contribution in [0.15, 0.2) is 0 Å². The molecule has 1 N–H and O–H groups in total. The molecule has 44 heavy (non-hydrogen) atoms. The van der Waals surface area contributed by atoms with Crippen molar-refractivity contribution in [1.82, 2.24) is 0 Å². The van der Waals surface area contributed by atoms with Crippen LogP contribution >= 0.6 is 0 Å². The molecule has 0 aromatic rings. The Morgan fingerprint density at radius 2 is 0.909 bits per heavy atom.